The minimum Gasteiger partial charge on any atom is -0.393 e. The molecule has 0 amide bonds. The summed E-state index contributed by atoms with van der Waals surface area (Å²) in [5, 5.41) is 19.5. The Morgan fingerprint density at radius 3 is 3.09 bits per heavy atom. The van der Waals surface area contributed by atoms with E-state index < -0.39 is 0 Å². The smallest absolute Gasteiger partial charge is 0.0956 e. The number of benzene rings is 1. The molecule has 22 heavy (non-hydrogen) atoms. The van der Waals surface area contributed by atoms with Gasteiger partial charge in [-0.05, 0) is 12.0 Å². The Labute approximate surface area is 129 Å². The molecule has 0 bridgehead atoms. The van der Waals surface area contributed by atoms with Crippen LogP contribution < -0.4 is 0 Å². The quantitative estimate of drug-likeness (QED) is 0.856. The van der Waals surface area contributed by atoms with E-state index in [0.29, 0.717) is 6.54 Å². The second kappa shape index (κ2) is 5.24. The van der Waals surface area contributed by atoms with Crippen LogP contribution in [-0.2, 0) is 0 Å². The topological polar surface area (TPSA) is 65.1 Å². The fourth-order valence-electron chi connectivity index (χ4n) is 3.90. The average Bonchev–Trinajstić information content (AvgIpc) is 3.10. The average molecular weight is 294 g/mol. The summed E-state index contributed by atoms with van der Waals surface area (Å²) in [5.74, 6) is 0.0821. The molecule has 0 saturated carbocycles. The van der Waals surface area contributed by atoms with Gasteiger partial charge in [-0.15, -0.1) is 0 Å². The third-order valence-electron chi connectivity index (χ3n) is 4.93. The normalized spacial score (nSPS) is 27.2. The highest BCUT2D eigenvalue weighted by Crippen LogP contribution is 2.44. The lowest BCUT2D eigenvalue weighted by atomic mass is 9.84. The summed E-state index contributed by atoms with van der Waals surface area (Å²) in [5.41, 5.74) is 3.57. The first kappa shape index (κ1) is 13.5. The largest absolute Gasteiger partial charge is 0.393 e. The lowest BCUT2D eigenvalue weighted by molar-refractivity contribution is 0.0149. The van der Waals surface area contributed by atoms with Gasteiger partial charge in [-0.25, -0.2) is 4.98 Å². The molecule has 1 fully saturated rings. The molecule has 2 aromatic rings. The van der Waals surface area contributed by atoms with E-state index >= 15 is 0 Å². The zero-order valence-corrected chi connectivity index (χ0v) is 12.3. The molecule has 5 heteroatoms. The number of hydrogen-bond acceptors (Lipinski definition) is 4. The summed E-state index contributed by atoms with van der Waals surface area (Å²) >= 11 is 0. The van der Waals surface area contributed by atoms with Gasteiger partial charge in [0.25, 0.3) is 0 Å². The van der Waals surface area contributed by atoms with Crippen LogP contribution in [0.5, 0.6) is 0 Å². The van der Waals surface area contributed by atoms with Crippen molar-refractivity contribution in [2.24, 2.45) is 5.92 Å². The van der Waals surface area contributed by atoms with Gasteiger partial charge in [0.05, 0.1) is 43.0 Å². The second-order valence-electron chi connectivity index (χ2n) is 6.13. The third kappa shape index (κ3) is 1.96. The zero-order valence-electron chi connectivity index (χ0n) is 12.3. The van der Waals surface area contributed by atoms with Gasteiger partial charge in [0.1, 0.15) is 0 Å². The SMILES string of the molecule is N#CCN1CC[C@H](O)[C@@H](C2c3ccccc3-c3cncn32)C1. The molecule has 1 aromatic heterocycles. The van der Waals surface area contributed by atoms with Gasteiger partial charge in [0.15, 0.2) is 0 Å². The minimum absolute atomic E-state index is 0.0821. The van der Waals surface area contributed by atoms with Gasteiger partial charge in [-0.2, -0.15) is 5.26 Å². The van der Waals surface area contributed by atoms with Crippen molar-refractivity contribution in [2.75, 3.05) is 19.6 Å². The van der Waals surface area contributed by atoms with Crippen molar-refractivity contribution < 1.29 is 5.11 Å². The van der Waals surface area contributed by atoms with Crippen molar-refractivity contribution in [1.29, 1.82) is 5.26 Å². The highest BCUT2D eigenvalue weighted by molar-refractivity contribution is 5.69. The molecule has 2 aliphatic rings. The standard InChI is InChI=1S/C17H18N4O/c18-6-8-20-7-5-16(22)14(10-20)17-13-4-2-1-3-12(13)15-9-19-11-21(15)17/h1-4,9,11,14,16-17,22H,5,7-8,10H2/t14-,16-,17?/m0/s1. The van der Waals surface area contributed by atoms with Gasteiger partial charge in [-0.3, -0.25) is 4.90 Å². The molecule has 0 spiro atoms. The Balaban J connectivity index is 1.74. The number of aliphatic hydroxyl groups excluding tert-OH is 1. The van der Waals surface area contributed by atoms with Gasteiger partial charge < -0.3 is 9.67 Å². The molecule has 0 aliphatic carbocycles. The van der Waals surface area contributed by atoms with Gasteiger partial charge in [-0.1, -0.05) is 24.3 Å². The van der Waals surface area contributed by atoms with Gasteiger partial charge in [0, 0.05) is 24.6 Å². The summed E-state index contributed by atoms with van der Waals surface area (Å²) < 4.78 is 2.18. The Hall–Kier alpha value is -2.16. The number of aliphatic hydroxyl groups is 1. The number of aromatic nitrogens is 2. The first-order valence-electron chi connectivity index (χ1n) is 7.68. The molecule has 1 aromatic carbocycles. The highest BCUT2D eigenvalue weighted by atomic mass is 16.3. The summed E-state index contributed by atoms with van der Waals surface area (Å²) in [6, 6.07) is 10.7. The Bertz CT molecular complexity index is 732. The van der Waals surface area contributed by atoms with Crippen LogP contribution in [-0.4, -0.2) is 45.3 Å². The van der Waals surface area contributed by atoms with E-state index in [1.54, 1.807) is 0 Å². The molecule has 1 N–H and O–H groups in total. The van der Waals surface area contributed by atoms with Crippen LogP contribution in [0, 0.1) is 17.2 Å². The first-order valence-corrected chi connectivity index (χ1v) is 7.68. The fourth-order valence-corrected chi connectivity index (χ4v) is 3.90. The van der Waals surface area contributed by atoms with E-state index in [-0.39, 0.29) is 18.1 Å². The van der Waals surface area contributed by atoms with Crippen molar-refractivity contribution in [1.82, 2.24) is 14.5 Å². The van der Waals surface area contributed by atoms with Crippen LogP contribution in [0.25, 0.3) is 11.3 Å². The highest BCUT2D eigenvalue weighted by Gasteiger charge is 2.40. The molecule has 3 atom stereocenters. The van der Waals surface area contributed by atoms with Crippen molar-refractivity contribution in [3.63, 3.8) is 0 Å². The molecule has 1 unspecified atom stereocenters. The second-order valence-corrected chi connectivity index (χ2v) is 6.13. The molecule has 4 rings (SSSR count). The van der Waals surface area contributed by atoms with E-state index in [9.17, 15) is 5.11 Å². The zero-order chi connectivity index (χ0) is 15.1. The molecule has 5 nitrogen and oxygen atoms in total. The number of hydrogen-bond donors (Lipinski definition) is 1. The van der Waals surface area contributed by atoms with Crippen LogP contribution in [0.3, 0.4) is 0 Å². The van der Waals surface area contributed by atoms with Crippen LogP contribution in [0.4, 0.5) is 0 Å². The third-order valence-corrected chi connectivity index (χ3v) is 4.93. The van der Waals surface area contributed by atoms with E-state index in [2.05, 4.69) is 32.7 Å². The minimum atomic E-state index is -0.346. The van der Waals surface area contributed by atoms with Crippen LogP contribution in [0.2, 0.25) is 0 Å². The van der Waals surface area contributed by atoms with E-state index in [4.69, 9.17) is 5.26 Å². The predicted octanol–water partition coefficient (Wildman–Crippen LogP) is 1.66. The number of nitriles is 1. The van der Waals surface area contributed by atoms with Crippen LogP contribution >= 0.6 is 0 Å². The molecule has 0 radical (unpaired) electrons. The molecule has 2 aliphatic heterocycles. The Morgan fingerprint density at radius 2 is 2.23 bits per heavy atom. The maximum Gasteiger partial charge on any atom is 0.0956 e. The lowest BCUT2D eigenvalue weighted by Crippen LogP contribution is -2.46. The monoisotopic (exact) mass is 294 g/mol. The summed E-state index contributed by atoms with van der Waals surface area (Å²) in [7, 11) is 0. The molecule has 3 heterocycles. The van der Waals surface area contributed by atoms with Crippen molar-refractivity contribution >= 4 is 0 Å². The number of fused-ring (bicyclic) bond motifs is 3. The predicted molar refractivity (Wildman–Crippen MR) is 82.0 cm³/mol. The molecular formula is C17H18N4O. The summed E-state index contributed by atoms with van der Waals surface area (Å²) in [4.78, 5) is 6.42. The van der Waals surface area contributed by atoms with E-state index in [0.717, 1.165) is 25.2 Å². The van der Waals surface area contributed by atoms with E-state index in [1.807, 2.05) is 24.7 Å². The van der Waals surface area contributed by atoms with Crippen LogP contribution in [0.15, 0.2) is 36.8 Å². The number of imidazole rings is 1. The molecule has 112 valence electrons. The first-order chi connectivity index (χ1) is 10.8. The summed E-state index contributed by atoms with van der Waals surface area (Å²) in [6.07, 6.45) is 4.12. The maximum absolute atomic E-state index is 10.6. The van der Waals surface area contributed by atoms with Gasteiger partial charge >= 0.3 is 0 Å². The fraction of sp³-hybridized carbons (Fsp3) is 0.412. The van der Waals surface area contributed by atoms with Crippen molar-refractivity contribution in [2.45, 2.75) is 18.6 Å². The molecular weight excluding hydrogens is 276 g/mol. The van der Waals surface area contributed by atoms with E-state index in [1.165, 1.54) is 11.1 Å². The van der Waals surface area contributed by atoms with Crippen molar-refractivity contribution in [3.8, 4) is 17.3 Å². The Kier molecular flexibility index (Phi) is 3.21. The number of likely N-dealkylation sites (tertiary alicyclic amines) is 1. The number of nitrogens with zero attached hydrogens (tertiary/aromatic N) is 4. The Morgan fingerprint density at radius 1 is 1.36 bits per heavy atom. The van der Waals surface area contributed by atoms with Crippen molar-refractivity contribution in [3.05, 3.63) is 42.4 Å². The van der Waals surface area contributed by atoms with Gasteiger partial charge in [0.2, 0.25) is 0 Å². The number of rotatable bonds is 2. The molecule has 1 saturated heterocycles. The maximum atomic E-state index is 10.6. The summed E-state index contributed by atoms with van der Waals surface area (Å²) in [6.45, 7) is 1.95. The number of piperidine rings is 1. The lowest BCUT2D eigenvalue weighted by Gasteiger charge is -2.38. The van der Waals surface area contributed by atoms with Crippen LogP contribution in [0.1, 0.15) is 18.0 Å².